The Labute approximate surface area is 276 Å². The molecule has 3 heterocycles. The van der Waals surface area contributed by atoms with Gasteiger partial charge in [0.05, 0.1) is 33.7 Å². The fourth-order valence-electron chi connectivity index (χ4n) is 7.87. The monoisotopic (exact) mass is 631 g/mol. The van der Waals surface area contributed by atoms with Crippen molar-refractivity contribution in [2.75, 3.05) is 0 Å². The molecule has 2 aromatic heterocycles. The van der Waals surface area contributed by atoms with Crippen LogP contribution in [0.5, 0.6) is 0 Å². The zero-order chi connectivity index (χ0) is 32.0. The second-order valence-electron chi connectivity index (χ2n) is 12.4. The van der Waals surface area contributed by atoms with Crippen LogP contribution in [0.1, 0.15) is 5.56 Å². The van der Waals surface area contributed by atoms with Crippen molar-refractivity contribution in [3.8, 4) is 28.6 Å². The van der Waals surface area contributed by atoms with Crippen LogP contribution >= 0.6 is 7.14 Å². The summed E-state index contributed by atoms with van der Waals surface area (Å²) in [5.41, 5.74) is 8.99. The number of rotatable bonds is 3. The standard InChI is InChI=1S/C43H26N3OP/c44-27-28-18-21-41-35(24-28)34-14-6-9-17-40(34)46(41)30-20-23-43-37(26-30)36-25-29(19-22-42(36)48(43,47)31-10-2-1-3-11-31)45-38-15-7-4-12-32(38)33-13-5-8-16-39(33)45/h1-26H. The SMILES string of the molecule is N#Cc1ccc2c(c1)c1ccccc1n2-c1ccc2c(c1)-c1cc(-n3c4ccccc4c4ccccc43)ccc1P2(=O)c1ccccc1. The molecule has 0 radical (unpaired) electrons. The maximum atomic E-state index is 15.5. The summed E-state index contributed by atoms with van der Waals surface area (Å²) in [6.07, 6.45) is 0. The van der Waals surface area contributed by atoms with Crippen molar-refractivity contribution in [3.63, 3.8) is 0 Å². The van der Waals surface area contributed by atoms with E-state index in [1.807, 2.05) is 60.7 Å². The molecule has 1 aliphatic rings. The van der Waals surface area contributed by atoms with Crippen LogP contribution in [0.15, 0.2) is 158 Å². The molecule has 224 valence electrons. The molecule has 9 aromatic rings. The van der Waals surface area contributed by atoms with E-state index in [1.165, 1.54) is 10.8 Å². The second-order valence-corrected chi connectivity index (χ2v) is 15.1. The molecule has 0 N–H and O–H groups in total. The molecule has 0 saturated heterocycles. The maximum absolute atomic E-state index is 15.5. The third-order valence-electron chi connectivity index (χ3n) is 9.95. The van der Waals surface area contributed by atoms with Gasteiger partial charge in [-0.05, 0) is 83.9 Å². The van der Waals surface area contributed by atoms with Gasteiger partial charge < -0.3 is 13.7 Å². The summed E-state index contributed by atoms with van der Waals surface area (Å²) in [7, 11) is -3.15. The number of hydrogen-bond acceptors (Lipinski definition) is 2. The van der Waals surface area contributed by atoms with Gasteiger partial charge in [-0.3, -0.25) is 0 Å². The normalized spacial score (nSPS) is 15.2. The number of benzene rings is 7. The highest BCUT2D eigenvalue weighted by Crippen LogP contribution is 2.53. The van der Waals surface area contributed by atoms with Crippen LogP contribution in [0.3, 0.4) is 0 Å². The minimum atomic E-state index is -3.15. The van der Waals surface area contributed by atoms with Gasteiger partial charge in [-0.1, -0.05) is 84.9 Å². The number of hydrogen-bond donors (Lipinski definition) is 0. The molecule has 1 unspecified atom stereocenters. The largest absolute Gasteiger partial charge is 0.309 e. The molecule has 7 aromatic carbocycles. The molecule has 0 fully saturated rings. The fourth-order valence-corrected chi connectivity index (χ4v) is 10.9. The topological polar surface area (TPSA) is 50.7 Å². The van der Waals surface area contributed by atoms with E-state index in [-0.39, 0.29) is 0 Å². The second kappa shape index (κ2) is 9.93. The average molecular weight is 632 g/mol. The Hall–Kier alpha value is -6.14. The van der Waals surface area contributed by atoms with Crippen LogP contribution in [0.25, 0.3) is 66.1 Å². The third-order valence-corrected chi connectivity index (χ3v) is 13.1. The Morgan fingerprint density at radius 3 is 1.44 bits per heavy atom. The van der Waals surface area contributed by atoms with Gasteiger partial charge in [-0.15, -0.1) is 0 Å². The highest BCUT2D eigenvalue weighted by molar-refractivity contribution is 7.86. The molecule has 0 saturated carbocycles. The lowest BCUT2D eigenvalue weighted by atomic mass is 10.0. The van der Waals surface area contributed by atoms with Crippen molar-refractivity contribution in [1.82, 2.24) is 9.13 Å². The molecule has 0 amide bonds. The minimum Gasteiger partial charge on any atom is -0.309 e. The summed E-state index contributed by atoms with van der Waals surface area (Å²) in [6, 6.07) is 56.3. The number of para-hydroxylation sites is 3. The highest BCUT2D eigenvalue weighted by atomic mass is 31.2. The van der Waals surface area contributed by atoms with Gasteiger partial charge in [0.1, 0.15) is 0 Å². The zero-order valence-electron chi connectivity index (χ0n) is 25.7. The molecule has 0 bridgehead atoms. The number of fused-ring (bicyclic) bond motifs is 9. The minimum absolute atomic E-state index is 0.634. The first kappa shape index (κ1) is 27.0. The Balaban J connectivity index is 1.27. The summed E-state index contributed by atoms with van der Waals surface area (Å²) in [4.78, 5) is 0. The van der Waals surface area contributed by atoms with E-state index >= 15 is 4.57 Å². The third kappa shape index (κ3) is 3.57. The molecule has 1 atom stereocenters. The molecule has 0 aliphatic carbocycles. The van der Waals surface area contributed by atoms with Crippen LogP contribution in [-0.4, -0.2) is 9.13 Å². The molecule has 48 heavy (non-hydrogen) atoms. The predicted molar refractivity (Wildman–Crippen MR) is 198 cm³/mol. The lowest BCUT2D eigenvalue weighted by molar-refractivity contribution is 0.593. The molecular weight excluding hydrogens is 605 g/mol. The summed E-state index contributed by atoms with van der Waals surface area (Å²) in [5.74, 6) is 0. The van der Waals surface area contributed by atoms with E-state index in [9.17, 15) is 5.26 Å². The van der Waals surface area contributed by atoms with Crippen molar-refractivity contribution >= 4 is 66.7 Å². The maximum Gasteiger partial charge on any atom is 0.172 e. The summed E-state index contributed by atoms with van der Waals surface area (Å²) in [5, 5.41) is 16.8. The summed E-state index contributed by atoms with van der Waals surface area (Å²) in [6.45, 7) is 0. The van der Waals surface area contributed by atoms with Gasteiger partial charge in [-0.2, -0.15) is 5.26 Å². The van der Waals surface area contributed by atoms with Gasteiger partial charge in [0.25, 0.3) is 0 Å². The van der Waals surface area contributed by atoms with Crippen LogP contribution in [0.2, 0.25) is 0 Å². The van der Waals surface area contributed by atoms with Crippen LogP contribution in [-0.2, 0) is 4.57 Å². The number of nitrogens with zero attached hydrogens (tertiary/aromatic N) is 3. The molecule has 4 nitrogen and oxygen atoms in total. The smallest absolute Gasteiger partial charge is 0.172 e. The highest BCUT2D eigenvalue weighted by Gasteiger charge is 2.40. The molecular formula is C43H26N3OP. The van der Waals surface area contributed by atoms with Crippen molar-refractivity contribution < 1.29 is 4.57 Å². The van der Waals surface area contributed by atoms with Crippen LogP contribution in [0.4, 0.5) is 0 Å². The summed E-state index contributed by atoms with van der Waals surface area (Å²) >= 11 is 0. The quantitative estimate of drug-likeness (QED) is 0.183. The van der Waals surface area contributed by atoms with Crippen molar-refractivity contribution in [3.05, 3.63) is 163 Å². The van der Waals surface area contributed by atoms with Crippen molar-refractivity contribution in [2.45, 2.75) is 0 Å². The van der Waals surface area contributed by atoms with Crippen molar-refractivity contribution in [2.24, 2.45) is 0 Å². The predicted octanol–water partition coefficient (Wildman–Crippen LogP) is 9.37. The average Bonchev–Trinajstić information content (AvgIpc) is 3.75. The van der Waals surface area contributed by atoms with E-state index in [0.29, 0.717) is 5.56 Å². The number of nitriles is 1. The van der Waals surface area contributed by atoms with E-state index < -0.39 is 7.14 Å². The fraction of sp³-hybridized carbons (Fsp3) is 0. The van der Waals surface area contributed by atoms with Crippen LogP contribution < -0.4 is 15.9 Å². The molecule has 5 heteroatoms. The van der Waals surface area contributed by atoms with Gasteiger partial charge in [0.2, 0.25) is 0 Å². The Kier molecular flexibility index (Phi) is 5.59. The Morgan fingerprint density at radius 1 is 0.458 bits per heavy atom. The van der Waals surface area contributed by atoms with Gasteiger partial charge in [0.15, 0.2) is 7.14 Å². The van der Waals surface area contributed by atoms with E-state index in [2.05, 4.69) is 112 Å². The van der Waals surface area contributed by atoms with Gasteiger partial charge in [0, 0.05) is 48.8 Å². The van der Waals surface area contributed by atoms with Crippen molar-refractivity contribution in [1.29, 1.82) is 5.26 Å². The first-order valence-electron chi connectivity index (χ1n) is 16.0. The first-order valence-corrected chi connectivity index (χ1v) is 17.7. The molecule has 1 aliphatic heterocycles. The van der Waals surface area contributed by atoms with Crippen LogP contribution in [0, 0.1) is 11.3 Å². The lowest BCUT2D eigenvalue weighted by Gasteiger charge is -2.16. The first-order chi connectivity index (χ1) is 23.6. The van der Waals surface area contributed by atoms with E-state index in [1.54, 1.807) is 0 Å². The van der Waals surface area contributed by atoms with E-state index in [0.717, 1.165) is 71.3 Å². The zero-order valence-corrected chi connectivity index (χ0v) is 26.6. The number of aromatic nitrogens is 2. The Morgan fingerprint density at radius 2 is 0.917 bits per heavy atom. The van der Waals surface area contributed by atoms with Gasteiger partial charge in [-0.25, -0.2) is 0 Å². The molecule has 10 rings (SSSR count). The van der Waals surface area contributed by atoms with Gasteiger partial charge >= 0.3 is 0 Å². The van der Waals surface area contributed by atoms with E-state index in [4.69, 9.17) is 0 Å². The Bertz CT molecular complexity index is 2840. The molecule has 0 spiro atoms. The lowest BCUT2D eigenvalue weighted by Crippen LogP contribution is -2.20. The summed E-state index contributed by atoms with van der Waals surface area (Å²) < 4.78 is 20.1.